The van der Waals surface area contributed by atoms with E-state index in [2.05, 4.69) is 10.3 Å². The summed E-state index contributed by atoms with van der Waals surface area (Å²) in [4.78, 5) is 16.9. The van der Waals surface area contributed by atoms with Crippen LogP contribution in [0.4, 0.5) is 0 Å². The maximum Gasteiger partial charge on any atom is 0.242 e. The number of aryl methyl sites for hydroxylation is 2. The van der Waals surface area contributed by atoms with Crippen LogP contribution in [0.15, 0.2) is 47.4 Å². The van der Waals surface area contributed by atoms with E-state index >= 15 is 0 Å². The lowest BCUT2D eigenvalue weighted by molar-refractivity contribution is -0.121. The van der Waals surface area contributed by atoms with E-state index in [0.717, 1.165) is 16.9 Å². The molecule has 0 bridgehead atoms. The smallest absolute Gasteiger partial charge is 0.242 e. The molecule has 0 saturated carbocycles. The Morgan fingerprint density at radius 3 is 2.66 bits per heavy atom. The first kappa shape index (κ1) is 21.3. The highest BCUT2D eigenvalue weighted by molar-refractivity contribution is 7.89. The summed E-state index contributed by atoms with van der Waals surface area (Å²) in [5, 5.41) is 3.50. The van der Waals surface area contributed by atoms with E-state index < -0.39 is 10.0 Å². The summed E-state index contributed by atoms with van der Waals surface area (Å²) in [6.45, 7) is 0.410. The van der Waals surface area contributed by atoms with Gasteiger partial charge in [-0.25, -0.2) is 17.7 Å². The molecule has 154 valence electrons. The third kappa shape index (κ3) is 4.77. The number of fused-ring (bicyclic) bond motifs is 1. The number of hydrogen-bond donors (Lipinski definition) is 1. The number of nitrogens with one attached hydrogen (secondary N) is 1. The second-order valence-electron chi connectivity index (χ2n) is 6.93. The van der Waals surface area contributed by atoms with Crippen molar-refractivity contribution in [3.8, 4) is 0 Å². The third-order valence-corrected chi connectivity index (χ3v) is 6.72. The van der Waals surface area contributed by atoms with Gasteiger partial charge in [-0.3, -0.25) is 4.79 Å². The van der Waals surface area contributed by atoms with Gasteiger partial charge in [-0.2, -0.15) is 0 Å². The molecule has 0 spiro atoms. The molecule has 0 aliphatic rings. The lowest BCUT2D eigenvalue weighted by Crippen LogP contribution is -2.23. The average molecular weight is 435 g/mol. The van der Waals surface area contributed by atoms with Crippen LogP contribution in [0, 0.1) is 0 Å². The molecule has 9 heteroatoms. The molecule has 0 fully saturated rings. The number of aromatic nitrogens is 2. The van der Waals surface area contributed by atoms with Crippen molar-refractivity contribution >= 4 is 38.6 Å². The van der Waals surface area contributed by atoms with Gasteiger partial charge in [0, 0.05) is 45.6 Å². The highest BCUT2D eigenvalue weighted by atomic mass is 35.5. The van der Waals surface area contributed by atoms with Gasteiger partial charge >= 0.3 is 0 Å². The van der Waals surface area contributed by atoms with Gasteiger partial charge in [-0.05, 0) is 35.9 Å². The van der Waals surface area contributed by atoms with Gasteiger partial charge in [0.05, 0.1) is 15.9 Å². The standard InChI is InChI=1S/C20H23ClN4O3S/c1-24(2)29(27,28)16-7-8-18-17(12-16)23-19(25(18)3)9-10-20(26)22-13-14-5-4-6-15(21)11-14/h4-8,11-12H,9-10,13H2,1-3H3,(H,22,26). The molecule has 0 radical (unpaired) electrons. The van der Waals surface area contributed by atoms with Crippen LogP contribution in [-0.2, 0) is 34.8 Å². The van der Waals surface area contributed by atoms with Crippen LogP contribution < -0.4 is 5.32 Å². The number of imidazole rings is 1. The third-order valence-electron chi connectivity index (χ3n) is 4.68. The van der Waals surface area contributed by atoms with Crippen molar-refractivity contribution in [2.24, 2.45) is 7.05 Å². The molecule has 1 amide bonds. The second kappa shape index (κ2) is 8.52. The monoisotopic (exact) mass is 434 g/mol. The van der Waals surface area contributed by atoms with E-state index in [-0.39, 0.29) is 17.2 Å². The average Bonchev–Trinajstić information content (AvgIpc) is 3.00. The predicted octanol–water partition coefficient (Wildman–Crippen LogP) is 2.73. The van der Waals surface area contributed by atoms with Crippen molar-refractivity contribution < 1.29 is 13.2 Å². The predicted molar refractivity (Wildman–Crippen MR) is 113 cm³/mol. The Balaban J connectivity index is 1.68. The van der Waals surface area contributed by atoms with Gasteiger partial charge < -0.3 is 9.88 Å². The number of carbonyl (C=O) groups excluding carboxylic acids is 1. The summed E-state index contributed by atoms with van der Waals surface area (Å²) in [6, 6.07) is 12.2. The Hall–Kier alpha value is -2.42. The van der Waals surface area contributed by atoms with Gasteiger partial charge in [0.25, 0.3) is 0 Å². The van der Waals surface area contributed by atoms with Crippen LogP contribution in [0.2, 0.25) is 5.02 Å². The minimum absolute atomic E-state index is 0.0899. The van der Waals surface area contributed by atoms with Crippen molar-refractivity contribution in [1.82, 2.24) is 19.2 Å². The Kier molecular flexibility index (Phi) is 6.26. The molecule has 3 rings (SSSR count). The summed E-state index contributed by atoms with van der Waals surface area (Å²) >= 11 is 5.95. The van der Waals surface area contributed by atoms with Crippen molar-refractivity contribution in [3.63, 3.8) is 0 Å². The molecule has 7 nitrogen and oxygen atoms in total. The first-order chi connectivity index (χ1) is 13.7. The van der Waals surface area contributed by atoms with Crippen molar-refractivity contribution in [2.75, 3.05) is 14.1 Å². The highest BCUT2D eigenvalue weighted by Gasteiger charge is 2.19. The molecule has 0 aliphatic carbocycles. The SMILES string of the molecule is CN(C)S(=O)(=O)c1ccc2c(c1)nc(CCC(=O)NCc1cccc(Cl)c1)n2C. The fourth-order valence-corrected chi connectivity index (χ4v) is 4.12. The minimum Gasteiger partial charge on any atom is -0.352 e. The van der Waals surface area contributed by atoms with Crippen LogP contribution in [0.1, 0.15) is 17.8 Å². The molecule has 0 aliphatic heterocycles. The molecule has 0 atom stereocenters. The van der Waals surface area contributed by atoms with E-state index in [9.17, 15) is 13.2 Å². The fraction of sp³-hybridized carbons (Fsp3) is 0.300. The zero-order valence-electron chi connectivity index (χ0n) is 16.5. The molecule has 1 aromatic heterocycles. The Morgan fingerprint density at radius 2 is 1.97 bits per heavy atom. The lowest BCUT2D eigenvalue weighted by atomic mass is 10.2. The Morgan fingerprint density at radius 1 is 1.21 bits per heavy atom. The van der Waals surface area contributed by atoms with Gasteiger partial charge in [0.2, 0.25) is 15.9 Å². The molecule has 3 aromatic rings. The van der Waals surface area contributed by atoms with Crippen LogP contribution >= 0.6 is 11.6 Å². The molecule has 2 aromatic carbocycles. The Labute approximate surface area is 175 Å². The lowest BCUT2D eigenvalue weighted by Gasteiger charge is -2.10. The number of rotatable bonds is 7. The van der Waals surface area contributed by atoms with Gasteiger partial charge in [-0.1, -0.05) is 23.7 Å². The first-order valence-corrected chi connectivity index (χ1v) is 10.9. The summed E-state index contributed by atoms with van der Waals surface area (Å²) in [7, 11) is 1.31. The summed E-state index contributed by atoms with van der Waals surface area (Å²) in [5.74, 6) is 0.630. The number of benzene rings is 2. The molecular weight excluding hydrogens is 412 g/mol. The van der Waals surface area contributed by atoms with Crippen LogP contribution in [0.5, 0.6) is 0 Å². The highest BCUT2D eigenvalue weighted by Crippen LogP contribution is 2.22. The van der Waals surface area contributed by atoms with Crippen molar-refractivity contribution in [3.05, 3.63) is 58.9 Å². The number of amides is 1. The van der Waals surface area contributed by atoms with Crippen molar-refractivity contribution in [2.45, 2.75) is 24.3 Å². The van der Waals surface area contributed by atoms with Crippen molar-refractivity contribution in [1.29, 1.82) is 0 Å². The van der Waals surface area contributed by atoms with Crippen LogP contribution in [0.25, 0.3) is 11.0 Å². The normalized spacial score (nSPS) is 11.9. The van der Waals surface area contributed by atoms with E-state index in [1.165, 1.54) is 18.4 Å². The maximum absolute atomic E-state index is 12.3. The molecule has 29 heavy (non-hydrogen) atoms. The fourth-order valence-electron chi connectivity index (χ4n) is 2.99. The quantitative estimate of drug-likeness (QED) is 0.619. The number of nitrogens with zero attached hydrogens (tertiary/aromatic N) is 3. The summed E-state index contributed by atoms with van der Waals surface area (Å²) in [5.41, 5.74) is 2.34. The van der Waals surface area contributed by atoms with Gasteiger partial charge in [-0.15, -0.1) is 0 Å². The minimum atomic E-state index is -3.52. The van der Waals surface area contributed by atoms with E-state index in [1.807, 2.05) is 29.8 Å². The number of hydrogen-bond acceptors (Lipinski definition) is 4. The van der Waals surface area contributed by atoms with E-state index in [1.54, 1.807) is 24.3 Å². The van der Waals surface area contributed by atoms with Gasteiger partial charge in [0.1, 0.15) is 5.82 Å². The van der Waals surface area contributed by atoms with Crippen LogP contribution in [-0.4, -0.2) is 42.3 Å². The number of carbonyl (C=O) groups is 1. The zero-order chi connectivity index (χ0) is 21.2. The summed E-state index contributed by atoms with van der Waals surface area (Å²) in [6.07, 6.45) is 0.725. The largest absolute Gasteiger partial charge is 0.352 e. The Bertz CT molecular complexity index is 1160. The second-order valence-corrected chi connectivity index (χ2v) is 9.52. The zero-order valence-corrected chi connectivity index (χ0v) is 18.1. The molecule has 0 saturated heterocycles. The number of halogens is 1. The molecular formula is C20H23ClN4O3S. The number of sulfonamides is 1. The van der Waals surface area contributed by atoms with Crippen LogP contribution in [0.3, 0.4) is 0 Å². The topological polar surface area (TPSA) is 84.3 Å². The molecule has 0 unspecified atom stereocenters. The first-order valence-electron chi connectivity index (χ1n) is 9.07. The van der Waals surface area contributed by atoms with E-state index in [4.69, 9.17) is 11.6 Å². The molecule has 1 N–H and O–H groups in total. The van der Waals surface area contributed by atoms with Gasteiger partial charge in [0.15, 0.2) is 0 Å². The molecule has 1 heterocycles. The summed E-state index contributed by atoms with van der Waals surface area (Å²) < 4.78 is 27.7. The van der Waals surface area contributed by atoms with E-state index in [0.29, 0.717) is 23.5 Å². The maximum atomic E-state index is 12.3.